The first-order chi connectivity index (χ1) is 11.7. The van der Waals surface area contributed by atoms with Gasteiger partial charge >= 0.3 is 5.97 Å². The second-order valence-electron chi connectivity index (χ2n) is 6.12. The van der Waals surface area contributed by atoms with Crippen molar-refractivity contribution < 1.29 is 9.53 Å². The first-order valence-corrected chi connectivity index (χ1v) is 8.45. The van der Waals surface area contributed by atoms with Crippen LogP contribution in [0.1, 0.15) is 47.2 Å². The van der Waals surface area contributed by atoms with Gasteiger partial charge in [-0.1, -0.05) is 19.1 Å². The van der Waals surface area contributed by atoms with Gasteiger partial charge in [0.15, 0.2) is 0 Å². The van der Waals surface area contributed by atoms with E-state index in [2.05, 4.69) is 27.9 Å². The molecule has 126 valence electrons. The number of esters is 1. The molecule has 1 aliphatic rings. The first kappa shape index (κ1) is 16.4. The molecular formula is C19H23N3O2. The number of anilines is 1. The van der Waals surface area contributed by atoms with Gasteiger partial charge < -0.3 is 9.64 Å². The quantitative estimate of drug-likeness (QED) is 0.808. The van der Waals surface area contributed by atoms with Gasteiger partial charge in [-0.25, -0.2) is 14.8 Å². The molecule has 5 heteroatoms. The summed E-state index contributed by atoms with van der Waals surface area (Å²) in [5.74, 6) is 0.994. The summed E-state index contributed by atoms with van der Waals surface area (Å²) >= 11 is 0. The SMILES string of the molecule is CCc1cnc(N2CCC(c3cccc(C(=O)OC)c3)CC2)nc1. The molecule has 2 heterocycles. The summed E-state index contributed by atoms with van der Waals surface area (Å²) in [4.78, 5) is 22.9. The van der Waals surface area contributed by atoms with Crippen LogP contribution < -0.4 is 4.90 Å². The zero-order chi connectivity index (χ0) is 16.9. The normalized spacial score (nSPS) is 15.3. The number of carbonyl (C=O) groups is 1. The van der Waals surface area contributed by atoms with E-state index in [1.165, 1.54) is 12.7 Å². The van der Waals surface area contributed by atoms with E-state index in [9.17, 15) is 4.79 Å². The molecule has 0 unspecified atom stereocenters. The molecule has 2 aromatic rings. The zero-order valence-electron chi connectivity index (χ0n) is 14.2. The Balaban J connectivity index is 1.65. The molecule has 0 atom stereocenters. The number of benzene rings is 1. The number of methoxy groups -OCH3 is 1. The number of nitrogens with zero attached hydrogens (tertiary/aromatic N) is 3. The maximum atomic E-state index is 11.7. The molecule has 3 rings (SSSR count). The van der Waals surface area contributed by atoms with Crippen molar-refractivity contribution in [3.63, 3.8) is 0 Å². The van der Waals surface area contributed by atoms with E-state index < -0.39 is 0 Å². The van der Waals surface area contributed by atoms with Gasteiger partial charge in [0.1, 0.15) is 0 Å². The third kappa shape index (κ3) is 3.55. The molecule has 0 radical (unpaired) electrons. The summed E-state index contributed by atoms with van der Waals surface area (Å²) in [6, 6.07) is 7.78. The van der Waals surface area contributed by atoms with Crippen LogP contribution >= 0.6 is 0 Å². The Bertz CT molecular complexity index is 692. The van der Waals surface area contributed by atoms with Gasteiger partial charge in [0.05, 0.1) is 12.7 Å². The lowest BCUT2D eigenvalue weighted by Gasteiger charge is -2.32. The number of aryl methyl sites for hydroxylation is 1. The van der Waals surface area contributed by atoms with Crippen molar-refractivity contribution in [2.24, 2.45) is 0 Å². The Morgan fingerprint density at radius 1 is 1.25 bits per heavy atom. The van der Waals surface area contributed by atoms with Crippen molar-refractivity contribution in [3.8, 4) is 0 Å². The largest absolute Gasteiger partial charge is 0.465 e. The summed E-state index contributed by atoms with van der Waals surface area (Å²) in [5, 5.41) is 0. The Labute approximate surface area is 142 Å². The molecule has 0 amide bonds. The van der Waals surface area contributed by atoms with Crippen LogP contribution in [0.2, 0.25) is 0 Å². The van der Waals surface area contributed by atoms with Crippen LogP contribution in [-0.4, -0.2) is 36.1 Å². The maximum Gasteiger partial charge on any atom is 0.337 e. The van der Waals surface area contributed by atoms with Crippen molar-refractivity contribution in [1.29, 1.82) is 0 Å². The minimum absolute atomic E-state index is 0.279. The predicted molar refractivity (Wildman–Crippen MR) is 93.4 cm³/mol. The van der Waals surface area contributed by atoms with Crippen molar-refractivity contribution in [2.75, 3.05) is 25.1 Å². The van der Waals surface area contributed by atoms with Crippen molar-refractivity contribution in [1.82, 2.24) is 9.97 Å². The van der Waals surface area contributed by atoms with Crippen LogP contribution in [0.15, 0.2) is 36.7 Å². The molecule has 1 fully saturated rings. The van der Waals surface area contributed by atoms with Gasteiger partial charge in [0, 0.05) is 25.5 Å². The lowest BCUT2D eigenvalue weighted by molar-refractivity contribution is 0.0600. The molecule has 1 aromatic heterocycles. The minimum Gasteiger partial charge on any atom is -0.465 e. The van der Waals surface area contributed by atoms with Gasteiger partial charge in [0.25, 0.3) is 0 Å². The number of piperidine rings is 1. The molecular weight excluding hydrogens is 302 g/mol. The van der Waals surface area contributed by atoms with E-state index in [1.54, 1.807) is 6.07 Å². The molecule has 1 aliphatic heterocycles. The highest BCUT2D eigenvalue weighted by atomic mass is 16.5. The fourth-order valence-corrected chi connectivity index (χ4v) is 3.14. The van der Waals surface area contributed by atoms with Crippen molar-refractivity contribution in [2.45, 2.75) is 32.1 Å². The van der Waals surface area contributed by atoms with E-state index in [1.807, 2.05) is 24.5 Å². The molecule has 0 aliphatic carbocycles. The number of carbonyl (C=O) groups excluding carboxylic acids is 1. The van der Waals surface area contributed by atoms with Crippen LogP contribution in [0.25, 0.3) is 0 Å². The molecule has 5 nitrogen and oxygen atoms in total. The van der Waals surface area contributed by atoms with Gasteiger partial charge in [-0.15, -0.1) is 0 Å². The monoisotopic (exact) mass is 325 g/mol. The maximum absolute atomic E-state index is 11.7. The molecule has 0 saturated carbocycles. The Hall–Kier alpha value is -2.43. The van der Waals surface area contributed by atoms with Crippen LogP contribution in [-0.2, 0) is 11.2 Å². The number of rotatable bonds is 4. The smallest absolute Gasteiger partial charge is 0.337 e. The highest BCUT2D eigenvalue weighted by molar-refractivity contribution is 5.89. The minimum atomic E-state index is -0.279. The Morgan fingerprint density at radius 3 is 2.58 bits per heavy atom. The van der Waals surface area contributed by atoms with E-state index >= 15 is 0 Å². The van der Waals surface area contributed by atoms with E-state index in [0.29, 0.717) is 11.5 Å². The summed E-state index contributed by atoms with van der Waals surface area (Å²) in [5.41, 5.74) is 2.99. The highest BCUT2D eigenvalue weighted by Gasteiger charge is 2.22. The number of aromatic nitrogens is 2. The molecule has 0 bridgehead atoms. The average Bonchev–Trinajstić information content (AvgIpc) is 2.67. The van der Waals surface area contributed by atoms with E-state index in [4.69, 9.17) is 4.74 Å². The van der Waals surface area contributed by atoms with Crippen molar-refractivity contribution in [3.05, 3.63) is 53.3 Å². The average molecular weight is 325 g/mol. The fourth-order valence-electron chi connectivity index (χ4n) is 3.14. The summed E-state index contributed by atoms with van der Waals surface area (Å²) in [6.45, 7) is 3.96. The standard InChI is InChI=1S/C19H23N3O2/c1-3-14-12-20-19(21-13-14)22-9-7-15(8-10-22)16-5-4-6-17(11-16)18(23)24-2/h4-6,11-13,15H,3,7-10H2,1-2H3. The van der Waals surface area contributed by atoms with Gasteiger partial charge in [0.2, 0.25) is 5.95 Å². The molecule has 24 heavy (non-hydrogen) atoms. The highest BCUT2D eigenvalue weighted by Crippen LogP contribution is 2.29. The molecule has 1 aromatic carbocycles. The molecule has 1 saturated heterocycles. The number of hydrogen-bond acceptors (Lipinski definition) is 5. The van der Waals surface area contributed by atoms with Crippen LogP contribution in [0, 0.1) is 0 Å². The number of ether oxygens (including phenoxy) is 1. The van der Waals surface area contributed by atoms with Gasteiger partial charge in [-0.05, 0) is 48.4 Å². The second kappa shape index (κ2) is 7.43. The summed E-state index contributed by atoms with van der Waals surface area (Å²) in [6.07, 6.45) is 6.84. The van der Waals surface area contributed by atoms with Gasteiger partial charge in [-0.3, -0.25) is 0 Å². The third-order valence-corrected chi connectivity index (χ3v) is 4.66. The lowest BCUT2D eigenvalue weighted by Crippen LogP contribution is -2.34. The second-order valence-corrected chi connectivity index (χ2v) is 6.12. The lowest BCUT2D eigenvalue weighted by atomic mass is 9.88. The van der Waals surface area contributed by atoms with E-state index in [0.717, 1.165) is 43.9 Å². The van der Waals surface area contributed by atoms with Crippen LogP contribution in [0.5, 0.6) is 0 Å². The van der Waals surface area contributed by atoms with Crippen LogP contribution in [0.3, 0.4) is 0 Å². The molecule has 0 N–H and O–H groups in total. The number of hydrogen-bond donors (Lipinski definition) is 0. The first-order valence-electron chi connectivity index (χ1n) is 8.45. The topological polar surface area (TPSA) is 55.3 Å². The predicted octanol–water partition coefficient (Wildman–Crippen LogP) is 3.21. The van der Waals surface area contributed by atoms with Crippen LogP contribution in [0.4, 0.5) is 5.95 Å². The fraction of sp³-hybridized carbons (Fsp3) is 0.421. The Kier molecular flexibility index (Phi) is 5.08. The summed E-state index contributed by atoms with van der Waals surface area (Å²) in [7, 11) is 1.41. The van der Waals surface area contributed by atoms with Gasteiger partial charge in [-0.2, -0.15) is 0 Å². The third-order valence-electron chi connectivity index (χ3n) is 4.66. The Morgan fingerprint density at radius 2 is 1.96 bits per heavy atom. The van der Waals surface area contributed by atoms with Crippen molar-refractivity contribution >= 4 is 11.9 Å². The van der Waals surface area contributed by atoms with E-state index in [-0.39, 0.29) is 5.97 Å². The summed E-state index contributed by atoms with van der Waals surface area (Å²) < 4.78 is 4.81. The zero-order valence-corrected chi connectivity index (χ0v) is 14.2. The molecule has 0 spiro atoms.